The second-order valence-corrected chi connectivity index (χ2v) is 5.38. The highest BCUT2D eigenvalue weighted by Gasteiger charge is 2.38. The summed E-state index contributed by atoms with van der Waals surface area (Å²) in [5.41, 5.74) is -0.449. The summed E-state index contributed by atoms with van der Waals surface area (Å²) in [4.78, 5) is 12.0. The molecular formula is C14H18ClNO3. The fourth-order valence-electron chi connectivity index (χ4n) is 2.07. The Morgan fingerprint density at radius 1 is 1.53 bits per heavy atom. The van der Waals surface area contributed by atoms with E-state index >= 15 is 0 Å². The largest absolute Gasteiger partial charge is 0.479 e. The standard InChI is InChI=1S/C14H18ClNO3/c1-10(19-12-6-3-2-5-11(12)15)13(18)16-14(9-17)7-4-8-14/h2-3,5-6,10,17H,4,7-9H2,1H3,(H,16,18). The second kappa shape index (κ2) is 5.80. The fraction of sp³-hybridized carbons (Fsp3) is 0.500. The topological polar surface area (TPSA) is 58.6 Å². The lowest BCUT2D eigenvalue weighted by molar-refractivity contribution is -0.131. The Kier molecular flexibility index (Phi) is 4.32. The number of hydrogen-bond donors (Lipinski definition) is 2. The Balaban J connectivity index is 1.94. The van der Waals surface area contributed by atoms with Crippen LogP contribution in [0.3, 0.4) is 0 Å². The minimum atomic E-state index is -0.649. The maximum absolute atomic E-state index is 12.0. The maximum Gasteiger partial charge on any atom is 0.261 e. The van der Waals surface area contributed by atoms with Gasteiger partial charge in [0, 0.05) is 0 Å². The van der Waals surface area contributed by atoms with E-state index in [9.17, 15) is 9.90 Å². The Hall–Kier alpha value is -1.26. The summed E-state index contributed by atoms with van der Waals surface area (Å²) >= 11 is 5.98. The van der Waals surface area contributed by atoms with Crippen molar-refractivity contribution >= 4 is 17.5 Å². The zero-order valence-electron chi connectivity index (χ0n) is 10.9. The van der Waals surface area contributed by atoms with Crippen molar-refractivity contribution in [3.8, 4) is 5.75 Å². The van der Waals surface area contributed by atoms with Gasteiger partial charge in [-0.15, -0.1) is 0 Å². The van der Waals surface area contributed by atoms with E-state index in [1.165, 1.54) is 0 Å². The normalized spacial score (nSPS) is 18.3. The first-order valence-corrected chi connectivity index (χ1v) is 6.78. The van der Waals surface area contributed by atoms with E-state index in [1.807, 2.05) is 0 Å². The molecular weight excluding hydrogens is 266 g/mol. The first kappa shape index (κ1) is 14.2. The summed E-state index contributed by atoms with van der Waals surface area (Å²) in [5, 5.41) is 12.7. The van der Waals surface area contributed by atoms with Crippen LogP contribution in [0.2, 0.25) is 5.02 Å². The highest BCUT2D eigenvalue weighted by Crippen LogP contribution is 2.31. The van der Waals surface area contributed by atoms with Crippen molar-refractivity contribution in [2.24, 2.45) is 0 Å². The number of ether oxygens (including phenoxy) is 1. The zero-order chi connectivity index (χ0) is 13.9. The molecule has 0 aromatic heterocycles. The van der Waals surface area contributed by atoms with Crippen LogP contribution in [-0.2, 0) is 4.79 Å². The summed E-state index contributed by atoms with van der Waals surface area (Å²) < 4.78 is 5.54. The average Bonchev–Trinajstić information content (AvgIpc) is 2.36. The van der Waals surface area contributed by atoms with E-state index in [1.54, 1.807) is 31.2 Å². The Labute approximate surface area is 117 Å². The molecule has 0 bridgehead atoms. The minimum Gasteiger partial charge on any atom is -0.479 e. The Morgan fingerprint density at radius 2 is 2.21 bits per heavy atom. The van der Waals surface area contributed by atoms with Crippen LogP contribution >= 0.6 is 11.6 Å². The molecule has 2 N–H and O–H groups in total. The van der Waals surface area contributed by atoms with Crippen molar-refractivity contribution in [1.82, 2.24) is 5.32 Å². The molecule has 0 spiro atoms. The average molecular weight is 284 g/mol. The molecule has 1 saturated carbocycles. The molecule has 104 valence electrons. The van der Waals surface area contributed by atoms with E-state index in [0.29, 0.717) is 10.8 Å². The van der Waals surface area contributed by atoms with Gasteiger partial charge in [0.25, 0.3) is 5.91 Å². The van der Waals surface area contributed by atoms with Crippen LogP contribution in [0.25, 0.3) is 0 Å². The number of amides is 1. The summed E-state index contributed by atoms with van der Waals surface area (Å²) in [6, 6.07) is 7.03. The summed E-state index contributed by atoms with van der Waals surface area (Å²) in [7, 11) is 0. The maximum atomic E-state index is 12.0. The summed E-state index contributed by atoms with van der Waals surface area (Å²) in [6.07, 6.45) is 2.01. The van der Waals surface area contributed by atoms with Crippen molar-refractivity contribution in [2.45, 2.75) is 37.8 Å². The van der Waals surface area contributed by atoms with E-state index in [2.05, 4.69) is 5.32 Å². The lowest BCUT2D eigenvalue weighted by Gasteiger charge is -2.41. The van der Waals surface area contributed by atoms with E-state index in [0.717, 1.165) is 19.3 Å². The number of halogens is 1. The van der Waals surface area contributed by atoms with E-state index in [4.69, 9.17) is 16.3 Å². The van der Waals surface area contributed by atoms with Crippen molar-refractivity contribution < 1.29 is 14.6 Å². The molecule has 1 aliphatic rings. The van der Waals surface area contributed by atoms with Crippen molar-refractivity contribution in [2.75, 3.05) is 6.61 Å². The number of aliphatic hydroxyl groups is 1. The van der Waals surface area contributed by atoms with Gasteiger partial charge < -0.3 is 15.2 Å². The molecule has 1 fully saturated rings. The molecule has 19 heavy (non-hydrogen) atoms. The molecule has 0 heterocycles. The molecule has 1 amide bonds. The lowest BCUT2D eigenvalue weighted by Crippen LogP contribution is -2.58. The van der Waals surface area contributed by atoms with Crippen molar-refractivity contribution in [3.05, 3.63) is 29.3 Å². The SMILES string of the molecule is CC(Oc1ccccc1Cl)C(=O)NC1(CO)CCC1. The predicted molar refractivity (Wildman–Crippen MR) is 73.4 cm³/mol. The van der Waals surface area contributed by atoms with Gasteiger partial charge in [0.05, 0.1) is 17.2 Å². The van der Waals surface area contributed by atoms with Gasteiger partial charge in [-0.1, -0.05) is 23.7 Å². The number of carbonyl (C=O) groups excluding carboxylic acids is 1. The summed E-state index contributed by atoms with van der Waals surface area (Å²) in [6.45, 7) is 1.64. The van der Waals surface area contributed by atoms with Gasteiger partial charge in [0.1, 0.15) is 5.75 Å². The minimum absolute atomic E-state index is 0.0302. The van der Waals surface area contributed by atoms with Crippen LogP contribution in [0.5, 0.6) is 5.75 Å². The highest BCUT2D eigenvalue weighted by molar-refractivity contribution is 6.32. The molecule has 5 heteroatoms. The van der Waals surface area contributed by atoms with Gasteiger partial charge in [-0.05, 0) is 38.3 Å². The third-order valence-electron chi connectivity index (χ3n) is 3.51. The first-order chi connectivity index (χ1) is 9.06. The van der Waals surface area contributed by atoms with Crippen LogP contribution in [0.4, 0.5) is 0 Å². The monoisotopic (exact) mass is 283 g/mol. The molecule has 4 nitrogen and oxygen atoms in total. The number of para-hydroxylation sites is 1. The van der Waals surface area contributed by atoms with E-state index < -0.39 is 11.6 Å². The third kappa shape index (κ3) is 3.19. The number of benzene rings is 1. The van der Waals surface area contributed by atoms with Crippen molar-refractivity contribution in [1.29, 1.82) is 0 Å². The highest BCUT2D eigenvalue weighted by atomic mass is 35.5. The number of hydrogen-bond acceptors (Lipinski definition) is 3. The second-order valence-electron chi connectivity index (χ2n) is 4.97. The number of nitrogens with one attached hydrogen (secondary N) is 1. The number of rotatable bonds is 5. The Morgan fingerprint density at radius 3 is 2.74 bits per heavy atom. The summed E-state index contributed by atoms with van der Waals surface area (Å²) in [5.74, 6) is 0.257. The molecule has 1 aromatic rings. The van der Waals surface area contributed by atoms with Crippen molar-refractivity contribution in [3.63, 3.8) is 0 Å². The number of aliphatic hydroxyl groups excluding tert-OH is 1. The number of carbonyl (C=O) groups is 1. The molecule has 0 aliphatic heterocycles. The molecule has 1 unspecified atom stereocenters. The smallest absolute Gasteiger partial charge is 0.261 e. The lowest BCUT2D eigenvalue weighted by atomic mass is 9.77. The van der Waals surface area contributed by atoms with Gasteiger partial charge in [0.15, 0.2) is 6.10 Å². The van der Waals surface area contributed by atoms with Gasteiger partial charge in [-0.25, -0.2) is 0 Å². The first-order valence-electron chi connectivity index (χ1n) is 6.40. The fourth-order valence-corrected chi connectivity index (χ4v) is 2.25. The van der Waals surface area contributed by atoms with Crippen LogP contribution in [0.15, 0.2) is 24.3 Å². The molecule has 2 rings (SSSR count). The quantitative estimate of drug-likeness (QED) is 0.870. The molecule has 0 saturated heterocycles. The molecule has 1 aliphatic carbocycles. The van der Waals surface area contributed by atoms with Crippen LogP contribution in [-0.4, -0.2) is 29.3 Å². The molecule has 1 aromatic carbocycles. The van der Waals surface area contributed by atoms with Crippen LogP contribution in [0.1, 0.15) is 26.2 Å². The van der Waals surface area contributed by atoms with Gasteiger partial charge in [-0.2, -0.15) is 0 Å². The molecule has 0 radical (unpaired) electrons. The van der Waals surface area contributed by atoms with Gasteiger partial charge >= 0.3 is 0 Å². The molecule has 1 atom stereocenters. The zero-order valence-corrected chi connectivity index (χ0v) is 11.6. The van der Waals surface area contributed by atoms with Gasteiger partial charge in [0.2, 0.25) is 0 Å². The van der Waals surface area contributed by atoms with Crippen LogP contribution in [0, 0.1) is 0 Å². The van der Waals surface area contributed by atoms with Crippen LogP contribution < -0.4 is 10.1 Å². The Bertz CT molecular complexity index is 454. The van der Waals surface area contributed by atoms with Gasteiger partial charge in [-0.3, -0.25) is 4.79 Å². The third-order valence-corrected chi connectivity index (χ3v) is 3.82. The predicted octanol–water partition coefficient (Wildman–Crippen LogP) is 2.14. The van der Waals surface area contributed by atoms with E-state index in [-0.39, 0.29) is 12.5 Å².